The van der Waals surface area contributed by atoms with Gasteiger partial charge in [0, 0.05) is 16.4 Å². The molecule has 6 rings (SSSR count). The van der Waals surface area contributed by atoms with Crippen molar-refractivity contribution in [3.63, 3.8) is 0 Å². The number of nitrogens with zero attached hydrogens (tertiary/aromatic N) is 4. The second-order valence-electron chi connectivity index (χ2n) is 10.4. The quantitative estimate of drug-likeness (QED) is 0.203. The molecule has 4 aromatic carbocycles. The van der Waals surface area contributed by atoms with Crippen molar-refractivity contribution in [3.05, 3.63) is 106 Å². The van der Waals surface area contributed by atoms with Gasteiger partial charge in [-0.1, -0.05) is 86.1 Å². The van der Waals surface area contributed by atoms with Gasteiger partial charge >= 0.3 is 0 Å². The van der Waals surface area contributed by atoms with Crippen LogP contribution in [0.3, 0.4) is 0 Å². The second-order valence-corrected chi connectivity index (χ2v) is 12.3. The maximum Gasteiger partial charge on any atom is 0.165 e. The average Bonchev–Trinajstić information content (AvgIpc) is 3.35. The molecule has 2 heterocycles. The van der Waals surface area contributed by atoms with Gasteiger partial charge in [0.15, 0.2) is 5.82 Å². The lowest BCUT2D eigenvalue weighted by Crippen LogP contribution is -2.12. The summed E-state index contributed by atoms with van der Waals surface area (Å²) < 4.78 is 15.9. The lowest BCUT2D eigenvalue weighted by Gasteiger charge is -2.14. The number of halogens is 3. The smallest absolute Gasteiger partial charge is 0.165 e. The van der Waals surface area contributed by atoms with Crippen LogP contribution in [0.15, 0.2) is 94.9 Å². The van der Waals surface area contributed by atoms with E-state index >= 15 is 0 Å². The maximum absolute atomic E-state index is 14.2. The molecule has 200 valence electrons. The largest absolute Gasteiger partial charge is 0.323 e. The minimum absolute atomic E-state index is 0.235. The number of nitrogens with one attached hydrogen (secondary N) is 1. The highest BCUT2D eigenvalue weighted by Gasteiger charge is 2.22. The first-order valence-electron chi connectivity index (χ1n) is 12.6. The zero-order valence-corrected chi connectivity index (χ0v) is 24.2. The van der Waals surface area contributed by atoms with Gasteiger partial charge in [-0.25, -0.2) is 19.0 Å². The van der Waals surface area contributed by atoms with E-state index < -0.39 is 0 Å². The fourth-order valence-electron chi connectivity index (χ4n) is 4.29. The molecule has 1 N–H and O–H groups in total. The number of benzene rings is 4. The van der Waals surface area contributed by atoms with Crippen LogP contribution in [0.5, 0.6) is 0 Å². The first kappa shape index (κ1) is 26.6. The molecule has 0 unspecified atom stereocenters. The molecule has 6 aromatic rings. The molecule has 9 heteroatoms. The predicted molar refractivity (Wildman–Crippen MR) is 163 cm³/mol. The van der Waals surface area contributed by atoms with E-state index in [1.165, 1.54) is 23.9 Å². The second kappa shape index (κ2) is 10.4. The molecule has 0 aliphatic carbocycles. The van der Waals surface area contributed by atoms with Crippen molar-refractivity contribution < 1.29 is 4.39 Å². The van der Waals surface area contributed by atoms with Gasteiger partial charge in [0.2, 0.25) is 0 Å². The van der Waals surface area contributed by atoms with Gasteiger partial charge in [0.1, 0.15) is 16.7 Å². The number of rotatable bonds is 5. The van der Waals surface area contributed by atoms with Crippen LogP contribution in [0.2, 0.25) is 10.0 Å². The van der Waals surface area contributed by atoms with Gasteiger partial charge in [-0.15, -0.1) is 0 Å². The molecule has 2 aromatic heterocycles. The highest BCUT2D eigenvalue weighted by atomic mass is 35.5. The normalized spacial score (nSPS) is 11.8. The lowest BCUT2D eigenvalue weighted by atomic mass is 9.92. The van der Waals surface area contributed by atoms with Gasteiger partial charge in [-0.2, -0.15) is 5.10 Å². The first-order chi connectivity index (χ1) is 19.1. The average molecular weight is 589 g/mol. The standard InChI is InChI=1S/C31H24Cl2FN5S/c1-31(2,3)27-17-28(39(38-27)21-10-6-9-20(34)15-21)37-29-30(40-22-11-12-23(32)24(33)16-22)36-26-14-19-8-5-4-7-18(19)13-25(26)35-29/h4-17H,1-3H3,(H,35,37). The van der Waals surface area contributed by atoms with Crippen LogP contribution in [0.1, 0.15) is 26.5 Å². The van der Waals surface area contributed by atoms with E-state index in [0.717, 1.165) is 32.4 Å². The van der Waals surface area contributed by atoms with E-state index in [0.29, 0.717) is 32.4 Å². The fourth-order valence-corrected chi connectivity index (χ4v) is 5.53. The molecule has 5 nitrogen and oxygen atoms in total. The summed E-state index contributed by atoms with van der Waals surface area (Å²) in [5.74, 6) is 0.835. The van der Waals surface area contributed by atoms with Gasteiger partial charge in [-0.3, -0.25) is 0 Å². The van der Waals surface area contributed by atoms with Crippen LogP contribution in [0.25, 0.3) is 27.5 Å². The summed E-state index contributed by atoms with van der Waals surface area (Å²) in [7, 11) is 0. The van der Waals surface area contributed by atoms with Crippen LogP contribution < -0.4 is 5.32 Å². The molecule has 0 saturated carbocycles. The van der Waals surface area contributed by atoms with Crippen LogP contribution >= 0.6 is 35.0 Å². The molecule has 0 saturated heterocycles. The Morgan fingerprint density at radius 3 is 2.20 bits per heavy atom. The van der Waals surface area contributed by atoms with Crippen molar-refractivity contribution in [2.24, 2.45) is 0 Å². The van der Waals surface area contributed by atoms with Gasteiger partial charge in [0.05, 0.1) is 32.5 Å². The Hall–Kier alpha value is -3.65. The minimum atomic E-state index is -0.343. The highest BCUT2D eigenvalue weighted by molar-refractivity contribution is 7.99. The molecule has 0 fully saturated rings. The van der Waals surface area contributed by atoms with Crippen molar-refractivity contribution in [1.82, 2.24) is 19.7 Å². The maximum atomic E-state index is 14.2. The third-order valence-corrected chi connectivity index (χ3v) is 8.09. The molecule has 0 atom stereocenters. The van der Waals surface area contributed by atoms with E-state index in [1.807, 2.05) is 42.5 Å². The molecule has 0 aliphatic heterocycles. The van der Waals surface area contributed by atoms with E-state index in [1.54, 1.807) is 22.9 Å². The highest BCUT2D eigenvalue weighted by Crippen LogP contribution is 2.38. The van der Waals surface area contributed by atoms with Crippen LogP contribution in [-0.4, -0.2) is 19.7 Å². The Morgan fingerprint density at radius 2 is 1.52 bits per heavy atom. The molecule has 0 radical (unpaired) electrons. The van der Waals surface area contributed by atoms with Crippen molar-refractivity contribution in [1.29, 1.82) is 0 Å². The third-order valence-electron chi connectivity index (χ3n) is 6.38. The zero-order valence-electron chi connectivity index (χ0n) is 21.9. The third kappa shape index (κ3) is 5.37. The molecule has 40 heavy (non-hydrogen) atoms. The van der Waals surface area contributed by atoms with Gasteiger partial charge in [-0.05, 0) is 59.3 Å². The summed E-state index contributed by atoms with van der Waals surface area (Å²) in [5, 5.41) is 12.0. The Bertz CT molecular complexity index is 1900. The van der Waals surface area contributed by atoms with E-state index in [-0.39, 0.29) is 11.2 Å². The molecule has 0 spiro atoms. The number of anilines is 2. The number of hydrogen-bond donors (Lipinski definition) is 1. The minimum Gasteiger partial charge on any atom is -0.323 e. The van der Waals surface area contributed by atoms with Crippen molar-refractivity contribution in [2.75, 3.05) is 5.32 Å². The molecular formula is C31H24Cl2FN5S. The number of aromatic nitrogens is 4. The predicted octanol–water partition coefficient (Wildman–Crippen LogP) is 9.61. The molecule has 0 aliphatic rings. The molecule has 0 bridgehead atoms. The fraction of sp³-hybridized carbons (Fsp3) is 0.129. The van der Waals surface area contributed by atoms with Crippen LogP contribution in [0.4, 0.5) is 16.0 Å². The van der Waals surface area contributed by atoms with Gasteiger partial charge in [0.25, 0.3) is 0 Å². The zero-order chi connectivity index (χ0) is 28.0. The summed E-state index contributed by atoms with van der Waals surface area (Å²) in [6.07, 6.45) is 0. The summed E-state index contributed by atoms with van der Waals surface area (Å²) >= 11 is 13.9. The lowest BCUT2D eigenvalue weighted by molar-refractivity contribution is 0.560. The van der Waals surface area contributed by atoms with E-state index in [4.69, 9.17) is 38.3 Å². The summed E-state index contributed by atoms with van der Waals surface area (Å²) in [6.45, 7) is 6.25. The summed E-state index contributed by atoms with van der Waals surface area (Å²) in [6, 6.07) is 25.9. The van der Waals surface area contributed by atoms with E-state index in [9.17, 15) is 4.39 Å². The monoisotopic (exact) mass is 587 g/mol. The Kier molecular flexibility index (Phi) is 6.90. The number of fused-ring (bicyclic) bond motifs is 2. The molecular weight excluding hydrogens is 564 g/mol. The first-order valence-corrected chi connectivity index (χ1v) is 14.2. The number of hydrogen-bond acceptors (Lipinski definition) is 5. The Balaban J connectivity index is 1.52. The van der Waals surface area contributed by atoms with Gasteiger partial charge < -0.3 is 5.32 Å². The van der Waals surface area contributed by atoms with Crippen molar-refractivity contribution in [3.8, 4) is 5.69 Å². The van der Waals surface area contributed by atoms with Crippen molar-refractivity contribution in [2.45, 2.75) is 36.1 Å². The van der Waals surface area contributed by atoms with Crippen molar-refractivity contribution >= 4 is 68.4 Å². The topological polar surface area (TPSA) is 55.6 Å². The Morgan fingerprint density at radius 1 is 0.800 bits per heavy atom. The van der Waals surface area contributed by atoms with Crippen LogP contribution in [0, 0.1) is 5.82 Å². The van der Waals surface area contributed by atoms with E-state index in [2.05, 4.69) is 38.2 Å². The summed E-state index contributed by atoms with van der Waals surface area (Å²) in [5.41, 5.74) is 2.71. The Labute approximate surface area is 245 Å². The van der Waals surface area contributed by atoms with Crippen LogP contribution in [-0.2, 0) is 5.41 Å². The molecule has 0 amide bonds. The summed E-state index contributed by atoms with van der Waals surface area (Å²) in [4.78, 5) is 10.9. The SMILES string of the molecule is CC(C)(C)c1cc(Nc2nc3cc4ccccc4cc3nc2Sc2ccc(Cl)c(Cl)c2)n(-c2cccc(F)c2)n1.